The second-order valence-electron chi connectivity index (χ2n) is 6.64. The molecule has 15 heteroatoms. The van der Waals surface area contributed by atoms with Crippen LogP contribution in [0.2, 0.25) is 5.02 Å². The van der Waals surface area contributed by atoms with E-state index in [1.807, 2.05) is 12.1 Å². The van der Waals surface area contributed by atoms with Crippen LogP contribution in [0.1, 0.15) is 6.23 Å². The minimum atomic E-state index is -3.42. The maximum atomic E-state index is 10.9. The number of nitrogen functional groups attached to an aromatic ring is 1. The van der Waals surface area contributed by atoms with E-state index < -0.39 is 31.3 Å². The largest absolute Gasteiger partial charge is 1.00 e. The van der Waals surface area contributed by atoms with Crippen LogP contribution >= 0.6 is 30.1 Å². The van der Waals surface area contributed by atoms with Gasteiger partial charge in [-0.1, -0.05) is 23.4 Å². The number of halogens is 1. The molecular formula is C16H15ClN5NaO5PS2+. The maximum absolute atomic E-state index is 10.9. The summed E-state index contributed by atoms with van der Waals surface area (Å²) in [6.07, 6.45) is -2.20. The summed E-state index contributed by atoms with van der Waals surface area (Å²) in [6, 6.07) is 7.21. The van der Waals surface area contributed by atoms with Crippen LogP contribution in [0.15, 0.2) is 40.6 Å². The van der Waals surface area contributed by atoms with Crippen molar-refractivity contribution in [3.63, 3.8) is 0 Å². The Balaban J connectivity index is 0.00000231. The standard InChI is InChI=1S/C16H15ClN5O5PS2.Na/c17-7-1-3-8(4-2-7)30-16-21-10-13(18)19-6-20-14(10)22(16)15-11(23)12-9(26-15)5-25-28(24,29)27-12;/h1-4,6,9,11-12,15,23H,5H2,(H,24,29)(H2,18,19,20);/q;+1/t9-,11-,12-,15-,28?;/m1./s1. The Hall–Kier alpha value is -0.340. The summed E-state index contributed by atoms with van der Waals surface area (Å²) in [6.45, 7) is -3.41. The van der Waals surface area contributed by atoms with Gasteiger partial charge < -0.3 is 25.0 Å². The minimum Gasteiger partial charge on any atom is -0.386 e. The number of nitrogens with two attached hydrogens (primary N) is 1. The summed E-state index contributed by atoms with van der Waals surface area (Å²) < 4.78 is 18.2. The Morgan fingerprint density at radius 3 is 2.77 bits per heavy atom. The van der Waals surface area contributed by atoms with Gasteiger partial charge in [0.1, 0.15) is 24.6 Å². The van der Waals surface area contributed by atoms with E-state index in [-0.39, 0.29) is 42.0 Å². The van der Waals surface area contributed by atoms with Gasteiger partial charge in [-0.05, 0) is 36.1 Å². The summed E-state index contributed by atoms with van der Waals surface area (Å²) >= 11 is 12.2. The SMILES string of the molecule is Nc1ncnc2c1nc(Sc1ccc(Cl)cc1)n2[C@@H]1O[C@@H]2COP(O)(=S)O[C@H]2[C@H]1O.[Na+]. The summed E-state index contributed by atoms with van der Waals surface area (Å²) in [5.74, 6) is 0.201. The average molecular weight is 511 g/mol. The first-order valence-electron chi connectivity index (χ1n) is 8.73. The first kappa shape index (κ1) is 23.8. The zero-order chi connectivity index (χ0) is 21.0. The van der Waals surface area contributed by atoms with Crippen molar-refractivity contribution in [1.29, 1.82) is 0 Å². The molecule has 5 rings (SSSR count). The minimum absolute atomic E-state index is 0. The van der Waals surface area contributed by atoms with Crippen molar-refractivity contribution in [3.8, 4) is 0 Å². The number of hydrogen-bond donors (Lipinski definition) is 3. The number of anilines is 1. The number of nitrogens with zero attached hydrogens (tertiary/aromatic N) is 4. The molecule has 2 aliphatic rings. The third-order valence-electron chi connectivity index (χ3n) is 4.72. The molecule has 0 amide bonds. The van der Waals surface area contributed by atoms with Crippen molar-refractivity contribution in [3.05, 3.63) is 35.6 Å². The van der Waals surface area contributed by atoms with E-state index in [2.05, 4.69) is 15.0 Å². The van der Waals surface area contributed by atoms with Crippen molar-refractivity contribution in [1.82, 2.24) is 19.5 Å². The molecule has 10 nitrogen and oxygen atoms in total. The first-order chi connectivity index (χ1) is 14.3. The Bertz CT molecular complexity index is 1170. The smallest absolute Gasteiger partial charge is 0.386 e. The van der Waals surface area contributed by atoms with E-state index in [1.54, 1.807) is 16.7 Å². The number of rotatable bonds is 3. The van der Waals surface area contributed by atoms with Gasteiger partial charge >= 0.3 is 36.3 Å². The fourth-order valence-electron chi connectivity index (χ4n) is 3.36. The number of fused-ring (bicyclic) bond motifs is 2. The number of hydrogen-bond acceptors (Lipinski definition) is 10. The molecule has 0 aliphatic carbocycles. The quantitative estimate of drug-likeness (QED) is 0.299. The van der Waals surface area contributed by atoms with Crippen molar-refractivity contribution >= 4 is 58.9 Å². The first-order valence-corrected chi connectivity index (χ1v) is 12.5. The number of aliphatic hydroxyl groups excluding tert-OH is 1. The van der Waals surface area contributed by atoms with Crippen molar-refractivity contribution in [2.45, 2.75) is 34.6 Å². The molecule has 4 heterocycles. The zero-order valence-corrected chi connectivity index (χ0v) is 21.3. The van der Waals surface area contributed by atoms with Gasteiger partial charge in [0.25, 0.3) is 0 Å². The summed E-state index contributed by atoms with van der Waals surface area (Å²) in [5.41, 5.74) is 6.77. The molecule has 0 bridgehead atoms. The third-order valence-corrected chi connectivity index (χ3v) is 7.51. The summed E-state index contributed by atoms with van der Waals surface area (Å²) in [5, 5.41) is 12.0. The molecule has 158 valence electrons. The van der Waals surface area contributed by atoms with Gasteiger partial charge in [0.15, 0.2) is 28.4 Å². The molecule has 2 fully saturated rings. The zero-order valence-electron chi connectivity index (χ0n) is 16.0. The van der Waals surface area contributed by atoms with Gasteiger partial charge in [-0.25, -0.2) is 15.0 Å². The van der Waals surface area contributed by atoms with Crippen molar-refractivity contribution in [2.75, 3.05) is 12.3 Å². The normalized spacial score (nSPS) is 30.2. The third kappa shape index (κ3) is 4.54. The van der Waals surface area contributed by atoms with E-state index >= 15 is 0 Å². The van der Waals surface area contributed by atoms with Gasteiger partial charge in [-0.15, -0.1) is 0 Å². The van der Waals surface area contributed by atoms with Crippen molar-refractivity contribution < 1.29 is 53.3 Å². The molecule has 3 aromatic rings. The molecule has 31 heavy (non-hydrogen) atoms. The average Bonchev–Trinajstić information content (AvgIpc) is 3.21. The van der Waals surface area contributed by atoms with Crippen LogP contribution < -0.4 is 35.3 Å². The molecule has 0 spiro atoms. The molecule has 2 aliphatic heterocycles. The molecule has 1 aromatic carbocycles. The summed E-state index contributed by atoms with van der Waals surface area (Å²) in [7, 11) is 0. The van der Waals surface area contributed by atoms with E-state index in [1.165, 1.54) is 18.1 Å². The van der Waals surface area contributed by atoms with Gasteiger partial charge in [0, 0.05) is 9.92 Å². The van der Waals surface area contributed by atoms with E-state index in [9.17, 15) is 10.00 Å². The molecular weight excluding hydrogens is 496 g/mol. The predicted octanol–water partition coefficient (Wildman–Crippen LogP) is -0.892. The number of aromatic nitrogens is 4. The van der Waals surface area contributed by atoms with Crippen LogP contribution in [-0.4, -0.2) is 54.4 Å². The van der Waals surface area contributed by atoms with Crippen LogP contribution in [-0.2, 0) is 25.6 Å². The molecule has 0 saturated carbocycles. The number of benzene rings is 1. The van der Waals surface area contributed by atoms with E-state index in [0.29, 0.717) is 21.3 Å². The van der Waals surface area contributed by atoms with Crippen LogP contribution in [0, 0.1) is 0 Å². The maximum Gasteiger partial charge on any atom is 1.00 e. The van der Waals surface area contributed by atoms with Gasteiger partial charge in [-0.2, -0.15) is 0 Å². The molecule has 5 atom stereocenters. The Labute approximate surface area is 213 Å². The molecule has 4 N–H and O–H groups in total. The molecule has 2 aromatic heterocycles. The number of aliphatic hydroxyl groups is 1. The van der Waals surface area contributed by atoms with Crippen LogP contribution in [0.25, 0.3) is 11.2 Å². The predicted molar refractivity (Wildman–Crippen MR) is 113 cm³/mol. The van der Waals surface area contributed by atoms with Gasteiger partial charge in [-0.3, -0.25) is 9.09 Å². The Morgan fingerprint density at radius 1 is 1.29 bits per heavy atom. The fourth-order valence-corrected chi connectivity index (χ4v) is 5.84. The van der Waals surface area contributed by atoms with Crippen LogP contribution in [0.5, 0.6) is 0 Å². The van der Waals surface area contributed by atoms with E-state index in [4.69, 9.17) is 42.9 Å². The number of ether oxygens (including phenoxy) is 1. The summed E-state index contributed by atoms with van der Waals surface area (Å²) in [4.78, 5) is 23.7. The topological polar surface area (TPSA) is 138 Å². The van der Waals surface area contributed by atoms with Gasteiger partial charge in [0.05, 0.1) is 6.61 Å². The van der Waals surface area contributed by atoms with Crippen molar-refractivity contribution in [2.24, 2.45) is 0 Å². The second kappa shape index (κ2) is 9.13. The monoisotopic (exact) mass is 510 g/mol. The molecule has 0 radical (unpaired) electrons. The molecule has 2 saturated heterocycles. The Morgan fingerprint density at radius 2 is 2.03 bits per heavy atom. The van der Waals surface area contributed by atoms with Crippen LogP contribution in [0.3, 0.4) is 0 Å². The van der Waals surface area contributed by atoms with E-state index in [0.717, 1.165) is 4.90 Å². The number of imidazole rings is 1. The Kier molecular flexibility index (Phi) is 7.01. The fraction of sp³-hybridized carbons (Fsp3) is 0.312. The second-order valence-corrected chi connectivity index (χ2v) is 10.9. The van der Waals surface area contributed by atoms with Crippen LogP contribution in [0.4, 0.5) is 5.82 Å². The van der Waals surface area contributed by atoms with Gasteiger partial charge in [0.2, 0.25) is 0 Å². The molecule has 1 unspecified atom stereocenters.